The number of pyridine rings is 1. The second-order valence-electron chi connectivity index (χ2n) is 5.97. The zero-order valence-corrected chi connectivity index (χ0v) is 14.4. The van der Waals surface area contributed by atoms with Crippen molar-refractivity contribution in [1.82, 2.24) is 19.9 Å². The molecule has 1 fully saturated rings. The minimum absolute atomic E-state index is 0.275. The van der Waals surface area contributed by atoms with Gasteiger partial charge in [0, 0.05) is 43.8 Å². The summed E-state index contributed by atoms with van der Waals surface area (Å²) in [6.45, 7) is 8.31. The molecule has 1 aliphatic rings. The number of aryl methyl sites for hydroxylation is 2. The average molecular weight is 327 g/mol. The Bertz CT molecular complexity index is 643. The number of ether oxygens (including phenoxy) is 1. The highest BCUT2D eigenvalue weighted by atomic mass is 16.5. The minimum Gasteiger partial charge on any atom is -0.379 e. The molecule has 0 saturated carbocycles. The van der Waals surface area contributed by atoms with Crippen molar-refractivity contribution in [3.8, 4) is 0 Å². The van der Waals surface area contributed by atoms with Crippen molar-refractivity contribution in [2.24, 2.45) is 0 Å². The Labute approximate surface area is 143 Å². The maximum atomic E-state index is 5.51. The van der Waals surface area contributed by atoms with Gasteiger partial charge in [0.05, 0.1) is 19.3 Å². The van der Waals surface area contributed by atoms with Gasteiger partial charge in [0.2, 0.25) is 0 Å². The van der Waals surface area contributed by atoms with E-state index < -0.39 is 0 Å². The summed E-state index contributed by atoms with van der Waals surface area (Å²) in [5, 5.41) is 3.55. The predicted octanol–water partition coefficient (Wildman–Crippen LogP) is 2.23. The maximum Gasteiger partial charge on any atom is 0.132 e. The van der Waals surface area contributed by atoms with Crippen LogP contribution < -0.4 is 5.32 Å². The first-order valence-corrected chi connectivity index (χ1v) is 8.56. The van der Waals surface area contributed by atoms with Gasteiger partial charge < -0.3 is 10.1 Å². The van der Waals surface area contributed by atoms with Crippen molar-refractivity contribution in [1.29, 1.82) is 0 Å². The summed E-state index contributed by atoms with van der Waals surface area (Å²) >= 11 is 0. The molecule has 2 aromatic rings. The van der Waals surface area contributed by atoms with Crippen LogP contribution in [-0.4, -0.2) is 52.7 Å². The van der Waals surface area contributed by atoms with Crippen LogP contribution in [0.15, 0.2) is 30.7 Å². The number of rotatable bonds is 6. The summed E-state index contributed by atoms with van der Waals surface area (Å²) in [7, 11) is 0. The molecule has 0 bridgehead atoms. The first-order chi connectivity index (χ1) is 11.8. The fourth-order valence-corrected chi connectivity index (χ4v) is 3.03. The van der Waals surface area contributed by atoms with E-state index in [9.17, 15) is 0 Å². The summed E-state index contributed by atoms with van der Waals surface area (Å²) in [6.07, 6.45) is 6.55. The highest BCUT2D eigenvalue weighted by Gasteiger charge is 2.23. The van der Waals surface area contributed by atoms with Crippen molar-refractivity contribution < 1.29 is 4.74 Å². The molecule has 6 nitrogen and oxygen atoms in total. The van der Waals surface area contributed by atoms with Crippen LogP contribution in [0.4, 0.5) is 5.82 Å². The first kappa shape index (κ1) is 16.8. The van der Waals surface area contributed by atoms with E-state index in [-0.39, 0.29) is 6.04 Å². The lowest BCUT2D eigenvalue weighted by molar-refractivity contribution is 0.0187. The average Bonchev–Trinajstić information content (AvgIpc) is 2.64. The molecule has 0 unspecified atom stereocenters. The van der Waals surface area contributed by atoms with E-state index in [0.717, 1.165) is 56.5 Å². The molecule has 0 amide bonds. The van der Waals surface area contributed by atoms with Crippen molar-refractivity contribution in [3.05, 3.63) is 47.7 Å². The van der Waals surface area contributed by atoms with Gasteiger partial charge in [-0.3, -0.25) is 9.88 Å². The Balaban J connectivity index is 1.78. The van der Waals surface area contributed by atoms with Gasteiger partial charge in [-0.25, -0.2) is 9.97 Å². The van der Waals surface area contributed by atoms with Crippen molar-refractivity contribution in [2.75, 3.05) is 38.2 Å². The van der Waals surface area contributed by atoms with Gasteiger partial charge in [-0.1, -0.05) is 6.92 Å². The Morgan fingerprint density at radius 3 is 2.71 bits per heavy atom. The number of hydrogen-bond donors (Lipinski definition) is 1. The third kappa shape index (κ3) is 4.07. The van der Waals surface area contributed by atoms with Crippen LogP contribution in [0.2, 0.25) is 0 Å². The Hall–Kier alpha value is -2.05. The molecule has 0 aromatic carbocycles. The number of aromatic nitrogens is 3. The monoisotopic (exact) mass is 327 g/mol. The molecule has 1 atom stereocenters. The fourth-order valence-electron chi connectivity index (χ4n) is 3.03. The lowest BCUT2D eigenvalue weighted by atomic mass is 10.1. The van der Waals surface area contributed by atoms with Gasteiger partial charge >= 0.3 is 0 Å². The van der Waals surface area contributed by atoms with Crippen LogP contribution in [0.25, 0.3) is 0 Å². The van der Waals surface area contributed by atoms with Gasteiger partial charge in [-0.15, -0.1) is 0 Å². The molecule has 1 saturated heterocycles. The van der Waals surface area contributed by atoms with Crippen LogP contribution in [0.5, 0.6) is 0 Å². The van der Waals surface area contributed by atoms with Gasteiger partial charge in [-0.05, 0) is 31.0 Å². The molecule has 128 valence electrons. The van der Waals surface area contributed by atoms with E-state index in [0.29, 0.717) is 0 Å². The Morgan fingerprint density at radius 2 is 2.00 bits per heavy atom. The van der Waals surface area contributed by atoms with E-state index in [1.807, 2.05) is 25.5 Å². The van der Waals surface area contributed by atoms with Crippen molar-refractivity contribution >= 4 is 5.82 Å². The van der Waals surface area contributed by atoms with Gasteiger partial charge in [0.1, 0.15) is 11.6 Å². The molecule has 0 radical (unpaired) electrons. The maximum absolute atomic E-state index is 5.51. The van der Waals surface area contributed by atoms with Gasteiger partial charge in [-0.2, -0.15) is 0 Å². The van der Waals surface area contributed by atoms with E-state index in [2.05, 4.69) is 44.2 Å². The number of nitrogens with zero attached hydrogens (tertiary/aromatic N) is 4. The number of anilines is 1. The normalized spacial score (nSPS) is 16.8. The second-order valence-corrected chi connectivity index (χ2v) is 5.97. The second kappa shape index (κ2) is 8.17. The molecular formula is C18H25N5O. The van der Waals surface area contributed by atoms with Crippen molar-refractivity contribution in [2.45, 2.75) is 26.3 Å². The Morgan fingerprint density at radius 1 is 1.25 bits per heavy atom. The summed E-state index contributed by atoms with van der Waals surface area (Å²) in [5.41, 5.74) is 2.42. The summed E-state index contributed by atoms with van der Waals surface area (Å²) in [5.74, 6) is 1.74. The fraction of sp³-hybridized carbons (Fsp3) is 0.500. The third-order valence-corrected chi connectivity index (χ3v) is 4.41. The van der Waals surface area contributed by atoms with Crippen molar-refractivity contribution in [3.63, 3.8) is 0 Å². The highest BCUT2D eigenvalue weighted by molar-refractivity contribution is 5.43. The number of nitrogens with one attached hydrogen (secondary N) is 1. The smallest absolute Gasteiger partial charge is 0.132 e. The zero-order chi connectivity index (χ0) is 16.8. The summed E-state index contributed by atoms with van der Waals surface area (Å²) in [6, 6.07) is 4.46. The molecule has 1 aliphatic heterocycles. The largest absolute Gasteiger partial charge is 0.379 e. The molecule has 6 heteroatoms. The van der Waals surface area contributed by atoms with Gasteiger partial charge in [0.15, 0.2) is 0 Å². The molecule has 2 aromatic heterocycles. The lowest BCUT2D eigenvalue weighted by Gasteiger charge is -2.35. The van der Waals surface area contributed by atoms with Crippen LogP contribution in [0, 0.1) is 6.92 Å². The molecule has 3 heterocycles. The molecule has 1 N–H and O–H groups in total. The first-order valence-electron chi connectivity index (χ1n) is 8.56. The Kier molecular flexibility index (Phi) is 5.72. The molecule has 3 rings (SSSR count). The van der Waals surface area contributed by atoms with E-state index in [4.69, 9.17) is 4.74 Å². The minimum atomic E-state index is 0.275. The third-order valence-electron chi connectivity index (χ3n) is 4.41. The highest BCUT2D eigenvalue weighted by Crippen LogP contribution is 2.23. The quantitative estimate of drug-likeness (QED) is 0.878. The molecule has 24 heavy (non-hydrogen) atoms. The number of morpholine rings is 1. The van der Waals surface area contributed by atoms with Crippen LogP contribution in [0.1, 0.15) is 29.9 Å². The summed E-state index contributed by atoms with van der Waals surface area (Å²) < 4.78 is 5.51. The summed E-state index contributed by atoms with van der Waals surface area (Å²) in [4.78, 5) is 15.5. The lowest BCUT2D eigenvalue weighted by Crippen LogP contribution is -2.41. The van der Waals surface area contributed by atoms with Crippen LogP contribution in [-0.2, 0) is 11.2 Å². The molecule has 0 aliphatic carbocycles. The van der Waals surface area contributed by atoms with E-state index in [1.54, 1.807) is 0 Å². The molecular weight excluding hydrogens is 302 g/mol. The van der Waals surface area contributed by atoms with E-state index in [1.165, 1.54) is 5.56 Å². The van der Waals surface area contributed by atoms with Crippen LogP contribution in [0.3, 0.4) is 0 Å². The zero-order valence-electron chi connectivity index (χ0n) is 14.4. The predicted molar refractivity (Wildman–Crippen MR) is 94.0 cm³/mol. The number of hydrogen-bond acceptors (Lipinski definition) is 6. The van der Waals surface area contributed by atoms with E-state index >= 15 is 0 Å². The molecule has 0 spiro atoms. The van der Waals surface area contributed by atoms with Gasteiger partial charge in [0.25, 0.3) is 0 Å². The SMILES string of the molecule is CCc1cnc(C)nc1NC[C@H](c1ccncc1)N1CCOCC1. The standard InChI is InChI=1S/C18H25N5O/c1-3-15-12-20-14(2)22-18(15)21-13-17(16-4-6-19-7-5-16)23-8-10-24-11-9-23/h4-7,12,17H,3,8-11,13H2,1-2H3,(H,20,21,22)/t17-/m1/s1. The topological polar surface area (TPSA) is 63.2 Å². The van der Waals surface area contributed by atoms with Crippen LogP contribution >= 0.6 is 0 Å².